The molecule has 4 heterocycles. The molecule has 0 radical (unpaired) electrons. The van der Waals surface area contributed by atoms with Crippen molar-refractivity contribution in [1.29, 1.82) is 0 Å². The smallest absolute Gasteiger partial charge is 0.254 e. The van der Waals surface area contributed by atoms with Crippen LogP contribution in [-0.4, -0.2) is 68.0 Å². The lowest BCUT2D eigenvalue weighted by Gasteiger charge is -2.29. The summed E-state index contributed by atoms with van der Waals surface area (Å²) in [6, 6.07) is 14.0. The summed E-state index contributed by atoms with van der Waals surface area (Å²) < 4.78 is 5.66. The zero-order valence-corrected chi connectivity index (χ0v) is 24.1. The van der Waals surface area contributed by atoms with Crippen molar-refractivity contribution in [1.82, 2.24) is 30.5 Å². The predicted molar refractivity (Wildman–Crippen MR) is 160 cm³/mol. The number of hydrogen-bond donors (Lipinski definition) is 3. The van der Waals surface area contributed by atoms with Crippen LogP contribution in [0.1, 0.15) is 69.6 Å². The highest BCUT2D eigenvalue weighted by Crippen LogP contribution is 2.33. The zero-order chi connectivity index (χ0) is 29.8. The lowest BCUT2D eigenvalue weighted by atomic mass is 9.94. The Bertz CT molecular complexity index is 1550. The summed E-state index contributed by atoms with van der Waals surface area (Å²) in [6.07, 6.45) is 9.41. The molecule has 10 nitrogen and oxygen atoms in total. The van der Waals surface area contributed by atoms with Gasteiger partial charge in [-0.2, -0.15) is 0 Å². The zero-order valence-electron chi connectivity index (χ0n) is 24.1. The van der Waals surface area contributed by atoms with Crippen molar-refractivity contribution in [2.24, 2.45) is 0 Å². The molecular weight excluding hydrogens is 544 g/mol. The molecule has 2 aliphatic heterocycles. The molecule has 0 aliphatic carbocycles. The number of likely N-dealkylation sites (tertiary alicyclic amines) is 1. The minimum atomic E-state index is -0.787. The van der Waals surface area contributed by atoms with Crippen molar-refractivity contribution in [3.05, 3.63) is 102 Å². The van der Waals surface area contributed by atoms with Crippen molar-refractivity contribution in [2.45, 2.75) is 63.3 Å². The molecule has 1 unspecified atom stereocenters. The van der Waals surface area contributed by atoms with Crippen LogP contribution in [0.2, 0.25) is 0 Å². The van der Waals surface area contributed by atoms with E-state index in [-0.39, 0.29) is 23.9 Å². The van der Waals surface area contributed by atoms with Gasteiger partial charge in [-0.25, -0.2) is 4.98 Å². The van der Waals surface area contributed by atoms with Gasteiger partial charge in [0, 0.05) is 41.7 Å². The lowest BCUT2D eigenvalue weighted by Crippen LogP contribution is -2.52. The molecule has 43 heavy (non-hydrogen) atoms. The van der Waals surface area contributed by atoms with E-state index in [0.29, 0.717) is 41.2 Å². The number of nitrogens with zero attached hydrogens (tertiary/aromatic N) is 4. The summed E-state index contributed by atoms with van der Waals surface area (Å²) in [4.78, 5) is 42.7. The Morgan fingerprint density at radius 1 is 1.12 bits per heavy atom. The van der Waals surface area contributed by atoms with Gasteiger partial charge in [-0.15, -0.1) is 0 Å². The highest BCUT2D eigenvalue weighted by molar-refractivity contribution is 6.01. The molecular formula is C33H36N6O4. The fourth-order valence-corrected chi connectivity index (χ4v) is 6.10. The van der Waals surface area contributed by atoms with Gasteiger partial charge >= 0.3 is 0 Å². The Kier molecular flexibility index (Phi) is 8.57. The number of nitrogens with one attached hydrogen (secondary N) is 2. The third-order valence-corrected chi connectivity index (χ3v) is 8.27. The van der Waals surface area contributed by atoms with Crippen LogP contribution < -0.4 is 10.6 Å². The van der Waals surface area contributed by atoms with Crippen molar-refractivity contribution in [3.63, 3.8) is 0 Å². The molecule has 3 N–H and O–H groups in total. The van der Waals surface area contributed by atoms with Gasteiger partial charge in [0.2, 0.25) is 5.89 Å². The summed E-state index contributed by atoms with van der Waals surface area (Å²) in [7, 11) is 0. The fourth-order valence-electron chi connectivity index (χ4n) is 6.10. The second-order valence-corrected chi connectivity index (χ2v) is 11.3. The summed E-state index contributed by atoms with van der Waals surface area (Å²) >= 11 is 0. The second kappa shape index (κ2) is 12.8. The molecule has 0 saturated carbocycles. The highest BCUT2D eigenvalue weighted by atomic mass is 16.3. The molecule has 10 heteroatoms. The van der Waals surface area contributed by atoms with Crippen LogP contribution >= 0.6 is 0 Å². The predicted octanol–water partition coefficient (Wildman–Crippen LogP) is 3.87. The number of amides is 2. The van der Waals surface area contributed by atoms with Crippen LogP contribution in [0.4, 0.5) is 0 Å². The van der Waals surface area contributed by atoms with Crippen LogP contribution in [-0.2, 0) is 6.42 Å². The first-order valence-electron chi connectivity index (χ1n) is 14.9. The maximum absolute atomic E-state index is 14.0. The minimum absolute atomic E-state index is 0.108. The van der Waals surface area contributed by atoms with E-state index in [1.165, 1.54) is 0 Å². The molecule has 6 rings (SSSR count). The second-order valence-electron chi connectivity index (χ2n) is 11.3. The van der Waals surface area contributed by atoms with Gasteiger partial charge in [0.1, 0.15) is 12.3 Å². The number of carbonyl (C=O) groups excluding carboxylic acids is 2. The lowest BCUT2D eigenvalue weighted by molar-refractivity contribution is 0.0715. The van der Waals surface area contributed by atoms with Crippen molar-refractivity contribution >= 4 is 11.8 Å². The third kappa shape index (κ3) is 6.50. The van der Waals surface area contributed by atoms with Crippen LogP contribution in [0.3, 0.4) is 0 Å². The average Bonchev–Trinajstić information content (AvgIpc) is 3.83. The quantitative estimate of drug-likeness (QED) is 0.272. The van der Waals surface area contributed by atoms with E-state index < -0.39 is 12.1 Å². The maximum atomic E-state index is 14.0. The van der Waals surface area contributed by atoms with Crippen molar-refractivity contribution < 1.29 is 19.1 Å². The van der Waals surface area contributed by atoms with Gasteiger partial charge in [0.15, 0.2) is 0 Å². The van der Waals surface area contributed by atoms with E-state index in [1.807, 2.05) is 37.3 Å². The topological polar surface area (TPSA) is 133 Å². The van der Waals surface area contributed by atoms with Gasteiger partial charge in [-0.3, -0.25) is 19.6 Å². The van der Waals surface area contributed by atoms with E-state index in [9.17, 15) is 14.7 Å². The Hall–Kier alpha value is -4.41. The van der Waals surface area contributed by atoms with Gasteiger partial charge in [0.25, 0.3) is 11.8 Å². The largest absolute Gasteiger partial charge is 0.446 e. The number of rotatable bonds is 9. The molecule has 2 aliphatic rings. The third-order valence-electron chi connectivity index (χ3n) is 8.27. The normalized spacial score (nSPS) is 19.7. The van der Waals surface area contributed by atoms with Gasteiger partial charge < -0.3 is 25.1 Å². The Morgan fingerprint density at radius 3 is 2.67 bits per heavy atom. The Morgan fingerprint density at radius 2 is 1.95 bits per heavy atom. The number of aliphatic hydroxyl groups is 1. The number of aromatic nitrogens is 3. The van der Waals surface area contributed by atoms with E-state index in [4.69, 9.17) is 4.42 Å². The van der Waals surface area contributed by atoms with Gasteiger partial charge in [-0.1, -0.05) is 30.3 Å². The fraction of sp³-hybridized carbons (Fsp3) is 0.364. The Labute approximate surface area is 250 Å². The average molecular weight is 581 g/mol. The number of aliphatic hydroxyl groups excluding tert-OH is 1. The molecule has 0 spiro atoms. The summed E-state index contributed by atoms with van der Waals surface area (Å²) in [5.74, 6) is -0.0714. The highest BCUT2D eigenvalue weighted by Gasteiger charge is 2.35. The molecule has 4 atom stereocenters. The SMILES string of the molecule is Cc1coc([C@H]2CCCN2C(=O)c2cc(C(=O)NC(Cc3ccccc3)[C@H](O)[C@@H]3CCCN3)cc(-c3cnccn3)c2)n1. The molecule has 2 aromatic carbocycles. The summed E-state index contributed by atoms with van der Waals surface area (Å²) in [6.45, 7) is 3.25. The number of oxazole rings is 1. The molecule has 4 aromatic rings. The first-order chi connectivity index (χ1) is 21.0. The van der Waals surface area contributed by atoms with Crippen LogP contribution in [0.5, 0.6) is 0 Å². The monoisotopic (exact) mass is 580 g/mol. The van der Waals surface area contributed by atoms with Crippen LogP contribution in [0.25, 0.3) is 11.3 Å². The standard InChI is InChI=1S/C33H36N6O4/c1-21-20-43-32(37-21)29-10-6-14-39(29)33(42)25-17-23(28-19-34-12-13-36-28)16-24(18-25)31(41)38-27(15-22-7-3-2-4-8-22)30(40)26-9-5-11-35-26/h2-4,7-8,12-13,16-20,26-27,29-30,35,40H,5-6,9-11,14-15H2,1H3,(H,38,41)/t26-,27?,29+,30+/m0/s1. The first-order valence-corrected chi connectivity index (χ1v) is 14.9. The van der Waals surface area contributed by atoms with Crippen molar-refractivity contribution in [2.75, 3.05) is 13.1 Å². The van der Waals surface area contributed by atoms with Gasteiger partial charge in [-0.05, 0) is 69.3 Å². The van der Waals surface area contributed by atoms with E-state index >= 15 is 0 Å². The summed E-state index contributed by atoms with van der Waals surface area (Å²) in [5, 5.41) is 17.8. The maximum Gasteiger partial charge on any atom is 0.254 e. The molecule has 2 fully saturated rings. The number of aryl methyl sites for hydroxylation is 1. The molecule has 2 amide bonds. The number of benzene rings is 2. The van der Waals surface area contributed by atoms with E-state index in [0.717, 1.165) is 43.5 Å². The number of hydrogen-bond acceptors (Lipinski definition) is 8. The first kappa shape index (κ1) is 28.7. The molecule has 0 bridgehead atoms. The van der Waals surface area contributed by atoms with Crippen LogP contribution in [0.15, 0.2) is 77.8 Å². The molecule has 2 aromatic heterocycles. The minimum Gasteiger partial charge on any atom is -0.446 e. The Balaban J connectivity index is 1.32. The van der Waals surface area contributed by atoms with Crippen LogP contribution in [0, 0.1) is 6.92 Å². The van der Waals surface area contributed by atoms with E-state index in [1.54, 1.807) is 48.0 Å². The van der Waals surface area contributed by atoms with Crippen molar-refractivity contribution in [3.8, 4) is 11.3 Å². The van der Waals surface area contributed by atoms with E-state index in [2.05, 4.69) is 25.6 Å². The molecule has 2 saturated heterocycles. The summed E-state index contributed by atoms with van der Waals surface area (Å²) in [5.41, 5.74) is 3.58. The number of carbonyl (C=O) groups is 2. The van der Waals surface area contributed by atoms with Gasteiger partial charge in [0.05, 0.1) is 29.7 Å². The molecule has 222 valence electrons.